The molecule has 0 aliphatic carbocycles. The Morgan fingerprint density at radius 3 is 2.38 bits per heavy atom. The SMILES string of the molecule is C[C-]=CC(=[N-])NC.[Mn+2]. The molecular weight excluding hydrogens is 143 g/mol. The second-order valence-electron chi connectivity index (χ2n) is 1.07. The van der Waals surface area contributed by atoms with E-state index in [1.807, 2.05) is 0 Å². The van der Waals surface area contributed by atoms with Gasteiger partial charge in [-0.1, -0.05) is 7.05 Å². The zero-order valence-electron chi connectivity index (χ0n) is 4.90. The van der Waals surface area contributed by atoms with Crippen LogP contribution in [-0.2, 0) is 17.1 Å². The van der Waals surface area contributed by atoms with Crippen molar-refractivity contribution in [2.45, 2.75) is 6.92 Å². The molecule has 0 rings (SSSR count). The Kier molecular flexibility index (Phi) is 8.97. The molecule has 0 fully saturated rings. The zero-order valence-corrected chi connectivity index (χ0v) is 6.08. The molecule has 0 amide bonds. The van der Waals surface area contributed by atoms with Gasteiger partial charge in [-0.25, -0.2) is 11.9 Å². The largest absolute Gasteiger partial charge is 2.00 e. The minimum absolute atomic E-state index is 0. The molecule has 2 nitrogen and oxygen atoms in total. The van der Waals surface area contributed by atoms with Crippen molar-refractivity contribution in [3.63, 3.8) is 0 Å². The fourth-order valence-corrected chi connectivity index (χ4v) is 0.209. The zero-order chi connectivity index (χ0) is 5.70. The average Bonchev–Trinajstić information content (AvgIpc) is 1.68. The summed E-state index contributed by atoms with van der Waals surface area (Å²) in [6.45, 7) is 1.72. The predicted octanol–water partition coefficient (Wildman–Crippen LogP) is 0.550. The molecular formula is C5H8MnN2. The van der Waals surface area contributed by atoms with Crippen LogP contribution < -0.4 is 5.32 Å². The first-order valence-electron chi connectivity index (χ1n) is 2.05. The van der Waals surface area contributed by atoms with Gasteiger partial charge < -0.3 is 10.7 Å². The number of hydrogen-bond acceptors (Lipinski definition) is 0. The number of rotatable bonds is 1. The van der Waals surface area contributed by atoms with Crippen LogP contribution in [0, 0.1) is 6.08 Å². The second-order valence-corrected chi connectivity index (χ2v) is 1.07. The number of nitrogens with zero attached hydrogens (tertiary/aromatic N) is 1. The molecule has 1 radical (unpaired) electrons. The Balaban J connectivity index is 0. The minimum Gasteiger partial charge on any atom is -0.578 e. The number of allylic oxidation sites excluding steroid dienone is 1. The first-order valence-corrected chi connectivity index (χ1v) is 2.05. The van der Waals surface area contributed by atoms with E-state index in [1.54, 1.807) is 14.0 Å². The van der Waals surface area contributed by atoms with Gasteiger partial charge in [-0.15, -0.1) is 6.92 Å². The van der Waals surface area contributed by atoms with Crippen molar-refractivity contribution in [2.75, 3.05) is 7.05 Å². The summed E-state index contributed by atoms with van der Waals surface area (Å²) in [5.74, 6) is 0.141. The van der Waals surface area contributed by atoms with E-state index in [0.717, 1.165) is 0 Å². The Morgan fingerprint density at radius 2 is 2.25 bits per heavy atom. The van der Waals surface area contributed by atoms with E-state index in [0.29, 0.717) is 0 Å². The van der Waals surface area contributed by atoms with Crippen molar-refractivity contribution in [1.29, 1.82) is 0 Å². The molecule has 0 aliphatic rings. The minimum atomic E-state index is 0. The van der Waals surface area contributed by atoms with Crippen LogP contribution in [-0.4, -0.2) is 12.9 Å². The van der Waals surface area contributed by atoms with E-state index in [4.69, 9.17) is 5.41 Å². The Morgan fingerprint density at radius 1 is 1.75 bits per heavy atom. The topological polar surface area (TPSA) is 34.3 Å². The van der Waals surface area contributed by atoms with Crippen LogP contribution in [0.3, 0.4) is 0 Å². The van der Waals surface area contributed by atoms with Crippen LogP contribution >= 0.6 is 0 Å². The molecule has 3 heteroatoms. The molecule has 0 aromatic rings. The van der Waals surface area contributed by atoms with Crippen LogP contribution in [0.25, 0.3) is 5.41 Å². The molecule has 8 heavy (non-hydrogen) atoms. The number of hydrogen-bond donors (Lipinski definition) is 1. The first kappa shape index (κ1) is 10.7. The molecule has 0 saturated carbocycles. The van der Waals surface area contributed by atoms with Crippen molar-refractivity contribution in [3.8, 4) is 0 Å². The summed E-state index contributed by atoms with van der Waals surface area (Å²) in [6.07, 6.45) is 4.10. The number of amidine groups is 1. The Hall–Kier alpha value is -0.271. The van der Waals surface area contributed by atoms with Gasteiger partial charge in [0.1, 0.15) is 0 Å². The van der Waals surface area contributed by atoms with Crippen molar-refractivity contribution >= 4 is 5.84 Å². The Labute approximate surface area is 60.3 Å². The molecule has 0 aromatic heterocycles. The summed E-state index contributed by atoms with van der Waals surface area (Å²) in [5, 5.41) is 11.1. The maximum atomic E-state index is 8.55. The summed E-state index contributed by atoms with van der Waals surface area (Å²) < 4.78 is 0. The van der Waals surface area contributed by atoms with Crippen LogP contribution in [0.4, 0.5) is 0 Å². The predicted molar refractivity (Wildman–Crippen MR) is 30.9 cm³/mol. The molecule has 0 spiro atoms. The maximum absolute atomic E-state index is 8.55. The molecule has 45 valence electrons. The van der Waals surface area contributed by atoms with Gasteiger partial charge in [0.05, 0.1) is 0 Å². The van der Waals surface area contributed by atoms with E-state index < -0.39 is 0 Å². The summed E-state index contributed by atoms with van der Waals surface area (Å²) in [4.78, 5) is 0. The fourth-order valence-electron chi connectivity index (χ4n) is 0.209. The monoisotopic (exact) mass is 151 g/mol. The normalized spacial score (nSPS) is 8.25. The van der Waals surface area contributed by atoms with Crippen molar-refractivity contribution in [1.82, 2.24) is 5.32 Å². The molecule has 0 unspecified atom stereocenters. The van der Waals surface area contributed by atoms with Gasteiger partial charge in [0.15, 0.2) is 0 Å². The van der Waals surface area contributed by atoms with Crippen LogP contribution in [0.5, 0.6) is 0 Å². The molecule has 0 bridgehead atoms. The first-order chi connectivity index (χ1) is 3.31. The number of nitrogens with one attached hydrogen (secondary N) is 1. The third kappa shape index (κ3) is 5.73. The van der Waals surface area contributed by atoms with Gasteiger partial charge in [0, 0.05) is 0 Å². The molecule has 0 heterocycles. The van der Waals surface area contributed by atoms with Crippen LogP contribution in [0.15, 0.2) is 6.08 Å². The second kappa shape index (κ2) is 6.73. The van der Waals surface area contributed by atoms with E-state index in [9.17, 15) is 0 Å². The van der Waals surface area contributed by atoms with E-state index >= 15 is 0 Å². The summed E-state index contributed by atoms with van der Waals surface area (Å²) >= 11 is 0. The fraction of sp³-hybridized carbons (Fsp3) is 0.400. The third-order valence-corrected chi connectivity index (χ3v) is 0.537. The van der Waals surface area contributed by atoms with E-state index in [1.165, 1.54) is 6.08 Å². The maximum Gasteiger partial charge on any atom is 2.00 e. The summed E-state index contributed by atoms with van der Waals surface area (Å²) in [7, 11) is 1.64. The van der Waals surface area contributed by atoms with Crippen molar-refractivity contribution in [2.24, 2.45) is 0 Å². The molecule has 0 saturated heterocycles. The van der Waals surface area contributed by atoms with Gasteiger partial charge >= 0.3 is 17.1 Å². The van der Waals surface area contributed by atoms with E-state index in [2.05, 4.69) is 11.4 Å². The summed E-state index contributed by atoms with van der Waals surface area (Å²) in [6, 6.07) is 0. The van der Waals surface area contributed by atoms with Crippen molar-refractivity contribution in [3.05, 3.63) is 17.6 Å². The third-order valence-electron chi connectivity index (χ3n) is 0.537. The van der Waals surface area contributed by atoms with Crippen LogP contribution in [0.2, 0.25) is 0 Å². The van der Waals surface area contributed by atoms with Crippen LogP contribution in [0.1, 0.15) is 6.92 Å². The molecule has 0 atom stereocenters. The van der Waals surface area contributed by atoms with Gasteiger partial charge in [-0.3, -0.25) is 6.08 Å². The van der Waals surface area contributed by atoms with Gasteiger partial charge in [0.2, 0.25) is 0 Å². The van der Waals surface area contributed by atoms with Gasteiger partial charge in [-0.2, -0.15) is 0 Å². The number of likely N-dealkylation sites (N-methyl/N-ethyl adjacent to an activating group) is 1. The summed E-state index contributed by atoms with van der Waals surface area (Å²) in [5.41, 5.74) is 0. The average molecular weight is 151 g/mol. The quantitative estimate of drug-likeness (QED) is 0.252. The smallest absolute Gasteiger partial charge is 0.578 e. The molecule has 1 N–H and O–H groups in total. The molecule has 0 aliphatic heterocycles. The van der Waals surface area contributed by atoms with Gasteiger partial charge in [0.25, 0.3) is 0 Å². The standard InChI is InChI=1S/C5H8N2.Mn/c1-3-4-5(6)7-2;/h4H,1-2H3,(H-,6,7);/q-2;+2. The van der Waals surface area contributed by atoms with E-state index in [-0.39, 0.29) is 22.9 Å². The Bertz CT molecular complexity index is 88.4. The van der Waals surface area contributed by atoms with Gasteiger partial charge in [-0.05, 0) is 0 Å². The van der Waals surface area contributed by atoms with Crippen molar-refractivity contribution < 1.29 is 17.1 Å². The molecule has 0 aromatic carbocycles.